The van der Waals surface area contributed by atoms with Crippen molar-refractivity contribution >= 4 is 90.4 Å². The van der Waals surface area contributed by atoms with Crippen LogP contribution < -0.4 is 5.32 Å². The Morgan fingerprint density at radius 2 is 2.17 bits per heavy atom. The van der Waals surface area contributed by atoms with Gasteiger partial charge in [0.25, 0.3) is 0 Å². The smallest absolute Gasteiger partial charge is 0.152 e. The molecule has 1 N–H and O–H groups in total. The Morgan fingerprint density at radius 3 is 2.50 bits per heavy atom. The van der Waals surface area contributed by atoms with E-state index in [9.17, 15) is 8.42 Å². The third kappa shape index (κ3) is 4.90. The van der Waals surface area contributed by atoms with Gasteiger partial charge in [0.15, 0.2) is 9.84 Å². The van der Waals surface area contributed by atoms with Crippen molar-refractivity contribution in [2.75, 3.05) is 11.5 Å². The summed E-state index contributed by atoms with van der Waals surface area (Å²) in [5.41, 5.74) is 0. The molecule has 1 radical (unpaired) electrons. The number of sulfone groups is 1. The molecule has 12 heavy (non-hydrogen) atoms. The zero-order valence-corrected chi connectivity index (χ0v) is 12.4. The summed E-state index contributed by atoms with van der Waals surface area (Å²) in [4.78, 5) is 0. The third-order valence-corrected chi connectivity index (χ3v) is 3.57. The van der Waals surface area contributed by atoms with Crippen molar-refractivity contribution in [1.82, 2.24) is 5.32 Å². The molecule has 0 amide bonds. The molecule has 3 nitrogen and oxygen atoms in total. The van der Waals surface area contributed by atoms with E-state index in [0.717, 1.165) is 0 Å². The average molecular weight is 250 g/mol. The zero-order valence-electron chi connectivity index (χ0n) is 6.78. The summed E-state index contributed by atoms with van der Waals surface area (Å²) >= 11 is 8.52. The van der Waals surface area contributed by atoms with E-state index in [1.807, 2.05) is 0 Å². The summed E-state index contributed by atoms with van der Waals surface area (Å²) in [6.07, 6.45) is 0.642. The van der Waals surface area contributed by atoms with Crippen LogP contribution in [0.4, 0.5) is 0 Å². The van der Waals surface area contributed by atoms with Gasteiger partial charge in [-0.05, 0) is 6.42 Å². The fraction of sp³-hybridized carbons (Fsp3) is 0.800. The molecule has 0 spiro atoms. The van der Waals surface area contributed by atoms with Crippen LogP contribution in [0.3, 0.4) is 0 Å². The maximum Gasteiger partial charge on any atom is 0.152 e. The Labute approximate surface area is 126 Å². The first-order chi connectivity index (χ1) is 4.99. The molecule has 65 valence electrons. The van der Waals surface area contributed by atoms with Crippen molar-refractivity contribution in [2.45, 2.75) is 12.5 Å². The third-order valence-electron chi connectivity index (χ3n) is 1.56. The van der Waals surface area contributed by atoms with E-state index in [-0.39, 0.29) is 68.9 Å². The monoisotopic (exact) mass is 250 g/mol. The topological polar surface area (TPSA) is 46.2 Å². The minimum absolute atomic E-state index is 0. The molecule has 0 bridgehead atoms. The number of thiol groups is 1. The van der Waals surface area contributed by atoms with Crippen LogP contribution in [-0.4, -0.2) is 81.7 Å². The van der Waals surface area contributed by atoms with Crippen LogP contribution in [0.2, 0.25) is 0 Å². The first-order valence-electron chi connectivity index (χ1n) is 3.19. The fourth-order valence-corrected chi connectivity index (χ4v) is 3.11. The Kier molecular flexibility index (Phi) is 6.50. The summed E-state index contributed by atoms with van der Waals surface area (Å²) in [7, 11) is -2.80. The molecule has 1 atom stereocenters. The summed E-state index contributed by atoms with van der Waals surface area (Å²) in [6.45, 7) is 0. The van der Waals surface area contributed by atoms with Crippen LogP contribution in [-0.2, 0) is 9.84 Å². The van der Waals surface area contributed by atoms with Gasteiger partial charge in [-0.2, -0.15) is 0 Å². The predicted octanol–water partition coefficient (Wildman–Crippen LogP) is -0.403. The molecule has 0 aromatic heterocycles. The van der Waals surface area contributed by atoms with Crippen LogP contribution in [0.5, 0.6) is 0 Å². The van der Waals surface area contributed by atoms with Crippen molar-refractivity contribution in [1.29, 1.82) is 0 Å². The second-order valence-corrected chi connectivity index (χ2v) is 5.94. The van der Waals surface area contributed by atoms with Gasteiger partial charge in [-0.25, -0.2) is 8.42 Å². The number of nitrogens with one attached hydrogen (secondary N) is 1. The molecule has 1 saturated heterocycles. The molecule has 0 aromatic carbocycles. The van der Waals surface area contributed by atoms with Gasteiger partial charge >= 0.3 is 0 Å². The molecule has 1 aliphatic rings. The molecule has 1 heterocycles. The zero-order chi connectivity index (χ0) is 8.48. The number of thiocarbonyl (C=S) groups is 1. The Bertz CT molecular complexity index is 264. The van der Waals surface area contributed by atoms with Crippen LogP contribution in [0.15, 0.2) is 0 Å². The first-order valence-corrected chi connectivity index (χ1v) is 5.87. The van der Waals surface area contributed by atoms with Crippen LogP contribution in [0, 0.1) is 0 Å². The molecule has 0 aliphatic carbocycles. The molecule has 7 heteroatoms. The van der Waals surface area contributed by atoms with E-state index in [0.29, 0.717) is 10.7 Å². The normalized spacial score (nSPS) is 25.9. The average Bonchev–Trinajstić information content (AvgIpc) is 2.08. The van der Waals surface area contributed by atoms with Gasteiger partial charge in [-0.3, -0.25) is 0 Å². The largest absolute Gasteiger partial charge is 0.367 e. The molecule has 1 unspecified atom stereocenters. The molecule has 1 fully saturated rings. The predicted molar refractivity (Wildman–Crippen MR) is 57.5 cm³/mol. The Morgan fingerprint density at radius 1 is 1.58 bits per heavy atom. The minimum Gasteiger partial charge on any atom is -0.367 e. The van der Waals surface area contributed by atoms with E-state index >= 15 is 0 Å². The molecule has 1 rings (SSSR count). The van der Waals surface area contributed by atoms with Crippen molar-refractivity contribution in [3.63, 3.8) is 0 Å². The van der Waals surface area contributed by atoms with Gasteiger partial charge in [0.1, 0.15) is 4.32 Å². The Balaban J connectivity index is 0.00000121. The van der Waals surface area contributed by atoms with Crippen LogP contribution in [0.25, 0.3) is 0 Å². The van der Waals surface area contributed by atoms with E-state index in [1.165, 1.54) is 0 Å². The minimum atomic E-state index is -2.80. The van der Waals surface area contributed by atoms with Crippen molar-refractivity contribution in [2.24, 2.45) is 0 Å². The van der Waals surface area contributed by atoms with Crippen molar-refractivity contribution < 1.29 is 8.42 Å². The maximum atomic E-state index is 10.9. The number of rotatable bonds is 1. The van der Waals surface area contributed by atoms with Gasteiger partial charge in [0.2, 0.25) is 0 Å². The van der Waals surface area contributed by atoms with E-state index < -0.39 is 9.84 Å². The molecule has 0 saturated carbocycles. The quantitative estimate of drug-likeness (QED) is 0.378. The Hall–Kier alpha value is 1.83. The van der Waals surface area contributed by atoms with Crippen LogP contribution >= 0.6 is 24.8 Å². The summed E-state index contributed by atoms with van der Waals surface area (Å²) in [5, 5.41) is 2.81. The van der Waals surface area contributed by atoms with Gasteiger partial charge in [0.05, 0.1) is 11.5 Å². The molecule has 0 aromatic rings. The standard InChI is InChI=1S/C5H9NO2S3.K/c7-11(8)2-1-4(3-11)6-5(9)10;/h4H,1-3H2,(H2,6,9,10);. The number of hydrogen-bond acceptors (Lipinski definition) is 3. The van der Waals surface area contributed by atoms with E-state index in [2.05, 4.69) is 30.2 Å². The van der Waals surface area contributed by atoms with E-state index in [4.69, 9.17) is 0 Å². The summed E-state index contributed by atoms with van der Waals surface area (Å²) in [6, 6.07) is -0.0231. The van der Waals surface area contributed by atoms with Gasteiger partial charge in [-0.15, -0.1) is 12.6 Å². The maximum absolute atomic E-state index is 10.9. The van der Waals surface area contributed by atoms with Crippen molar-refractivity contribution in [3.8, 4) is 0 Å². The molecule has 1 aliphatic heterocycles. The van der Waals surface area contributed by atoms with Crippen molar-refractivity contribution in [3.05, 3.63) is 0 Å². The molecular weight excluding hydrogens is 241 g/mol. The van der Waals surface area contributed by atoms with Gasteiger partial charge in [0, 0.05) is 57.4 Å². The first kappa shape index (κ1) is 13.8. The van der Waals surface area contributed by atoms with Crippen LogP contribution in [0.1, 0.15) is 6.42 Å². The van der Waals surface area contributed by atoms with E-state index in [1.54, 1.807) is 0 Å². The molecular formula is C5H9KNO2S3. The second kappa shape index (κ2) is 5.65. The summed E-state index contributed by atoms with van der Waals surface area (Å²) < 4.78 is 22.2. The summed E-state index contributed by atoms with van der Waals surface area (Å²) in [5.74, 6) is 0.453. The number of hydrogen-bond donors (Lipinski definition) is 2. The van der Waals surface area contributed by atoms with Gasteiger partial charge in [-0.1, -0.05) is 12.2 Å². The second-order valence-electron chi connectivity index (χ2n) is 2.55. The SMILES string of the molecule is O=S1(=O)CCC(NC(=S)S)C1.[K]. The van der Waals surface area contributed by atoms with Gasteiger partial charge < -0.3 is 5.32 Å². The fourth-order valence-electron chi connectivity index (χ4n) is 1.08.